The SMILES string of the molecule is CC(=O)c1ccc(F)c(-c2cccc(Br)c2F)c1. The molecule has 0 aliphatic carbocycles. The van der Waals surface area contributed by atoms with Gasteiger partial charge in [-0.3, -0.25) is 4.79 Å². The Morgan fingerprint density at radius 3 is 2.50 bits per heavy atom. The fraction of sp³-hybridized carbons (Fsp3) is 0.0714. The molecule has 0 spiro atoms. The van der Waals surface area contributed by atoms with E-state index in [9.17, 15) is 13.6 Å². The molecule has 0 aromatic heterocycles. The second-order valence-corrected chi connectivity index (χ2v) is 4.71. The second-order valence-electron chi connectivity index (χ2n) is 3.85. The predicted molar refractivity (Wildman–Crippen MR) is 69.5 cm³/mol. The summed E-state index contributed by atoms with van der Waals surface area (Å²) in [4.78, 5) is 11.3. The maximum absolute atomic E-state index is 13.9. The molecule has 0 radical (unpaired) electrons. The van der Waals surface area contributed by atoms with Crippen LogP contribution < -0.4 is 0 Å². The number of carbonyl (C=O) groups is 1. The molecule has 18 heavy (non-hydrogen) atoms. The minimum atomic E-state index is -0.558. The van der Waals surface area contributed by atoms with Gasteiger partial charge in [0.15, 0.2) is 5.78 Å². The zero-order valence-electron chi connectivity index (χ0n) is 9.51. The molecule has 0 bridgehead atoms. The minimum absolute atomic E-state index is 0.0847. The van der Waals surface area contributed by atoms with Crippen LogP contribution in [0.2, 0.25) is 0 Å². The lowest BCUT2D eigenvalue weighted by Gasteiger charge is -2.07. The van der Waals surface area contributed by atoms with Crippen LogP contribution in [0, 0.1) is 11.6 Å². The van der Waals surface area contributed by atoms with Gasteiger partial charge in [0.1, 0.15) is 11.6 Å². The van der Waals surface area contributed by atoms with Gasteiger partial charge in [0.25, 0.3) is 0 Å². The highest BCUT2D eigenvalue weighted by Gasteiger charge is 2.13. The fourth-order valence-corrected chi connectivity index (χ4v) is 2.03. The monoisotopic (exact) mass is 310 g/mol. The molecule has 0 heterocycles. The topological polar surface area (TPSA) is 17.1 Å². The van der Waals surface area contributed by atoms with Crippen LogP contribution in [0.15, 0.2) is 40.9 Å². The molecule has 0 unspecified atom stereocenters. The number of ketones is 1. The van der Waals surface area contributed by atoms with Crippen molar-refractivity contribution in [1.29, 1.82) is 0 Å². The molecular formula is C14H9BrF2O. The van der Waals surface area contributed by atoms with Gasteiger partial charge >= 0.3 is 0 Å². The Morgan fingerprint density at radius 2 is 1.83 bits per heavy atom. The van der Waals surface area contributed by atoms with Gasteiger partial charge in [0.05, 0.1) is 4.47 Å². The van der Waals surface area contributed by atoms with Crippen molar-refractivity contribution in [3.8, 4) is 11.1 Å². The number of carbonyl (C=O) groups excluding carboxylic acids is 1. The van der Waals surface area contributed by atoms with Crippen LogP contribution in [-0.4, -0.2) is 5.78 Å². The predicted octanol–water partition coefficient (Wildman–Crippen LogP) is 4.60. The van der Waals surface area contributed by atoms with E-state index >= 15 is 0 Å². The van der Waals surface area contributed by atoms with E-state index in [4.69, 9.17) is 0 Å². The third-order valence-corrected chi connectivity index (χ3v) is 3.23. The maximum atomic E-state index is 13.9. The van der Waals surface area contributed by atoms with Crippen LogP contribution in [0.25, 0.3) is 11.1 Å². The summed E-state index contributed by atoms with van der Waals surface area (Å²) in [6.45, 7) is 1.38. The van der Waals surface area contributed by atoms with Gasteiger partial charge in [-0.1, -0.05) is 12.1 Å². The van der Waals surface area contributed by atoms with Crippen molar-refractivity contribution in [3.63, 3.8) is 0 Å². The van der Waals surface area contributed by atoms with E-state index in [1.165, 1.54) is 37.3 Å². The third-order valence-electron chi connectivity index (χ3n) is 2.61. The molecule has 0 amide bonds. The highest BCUT2D eigenvalue weighted by atomic mass is 79.9. The van der Waals surface area contributed by atoms with Crippen molar-refractivity contribution in [2.24, 2.45) is 0 Å². The smallest absolute Gasteiger partial charge is 0.159 e. The number of hydrogen-bond acceptors (Lipinski definition) is 1. The van der Waals surface area contributed by atoms with Crippen molar-refractivity contribution in [3.05, 3.63) is 58.1 Å². The molecule has 2 aromatic carbocycles. The van der Waals surface area contributed by atoms with E-state index in [2.05, 4.69) is 15.9 Å². The van der Waals surface area contributed by atoms with E-state index in [0.29, 0.717) is 5.56 Å². The van der Waals surface area contributed by atoms with Crippen LogP contribution in [-0.2, 0) is 0 Å². The van der Waals surface area contributed by atoms with E-state index in [0.717, 1.165) is 0 Å². The quantitative estimate of drug-likeness (QED) is 0.741. The molecule has 0 fully saturated rings. The Bertz CT molecular complexity index is 623. The molecule has 0 saturated carbocycles. The van der Waals surface area contributed by atoms with Crippen molar-refractivity contribution < 1.29 is 13.6 Å². The maximum Gasteiger partial charge on any atom is 0.159 e. The van der Waals surface area contributed by atoms with Crippen molar-refractivity contribution in [2.45, 2.75) is 6.92 Å². The lowest BCUT2D eigenvalue weighted by molar-refractivity contribution is 0.101. The first-order valence-electron chi connectivity index (χ1n) is 5.25. The molecule has 4 heteroatoms. The molecule has 0 saturated heterocycles. The summed E-state index contributed by atoms with van der Waals surface area (Å²) in [5.74, 6) is -1.29. The van der Waals surface area contributed by atoms with Crippen molar-refractivity contribution in [1.82, 2.24) is 0 Å². The highest BCUT2D eigenvalue weighted by molar-refractivity contribution is 9.10. The number of rotatable bonds is 2. The van der Waals surface area contributed by atoms with Crippen molar-refractivity contribution in [2.75, 3.05) is 0 Å². The normalized spacial score (nSPS) is 10.4. The number of halogens is 3. The molecule has 2 rings (SSSR count). The Balaban J connectivity index is 2.66. The molecule has 0 aliphatic rings. The summed E-state index contributed by atoms with van der Waals surface area (Å²) in [7, 11) is 0. The van der Waals surface area contributed by atoms with Crippen LogP contribution in [0.5, 0.6) is 0 Å². The summed E-state index contributed by atoms with van der Waals surface area (Å²) in [5.41, 5.74) is 0.567. The molecule has 2 aromatic rings. The number of benzene rings is 2. The Morgan fingerprint density at radius 1 is 1.11 bits per heavy atom. The van der Waals surface area contributed by atoms with Crippen molar-refractivity contribution >= 4 is 21.7 Å². The summed E-state index contributed by atoms with van der Waals surface area (Å²) in [6, 6.07) is 8.54. The average Bonchev–Trinajstić information content (AvgIpc) is 2.33. The van der Waals surface area contributed by atoms with Crippen LogP contribution in [0.4, 0.5) is 8.78 Å². The molecule has 0 aliphatic heterocycles. The van der Waals surface area contributed by atoms with E-state index in [1.807, 2.05) is 0 Å². The first-order chi connectivity index (χ1) is 8.50. The standard InChI is InChI=1S/C14H9BrF2O/c1-8(18)9-5-6-13(16)11(7-9)10-3-2-4-12(15)14(10)17/h2-7H,1H3. The van der Waals surface area contributed by atoms with Gasteiger partial charge < -0.3 is 0 Å². The average molecular weight is 311 g/mol. The lowest BCUT2D eigenvalue weighted by atomic mass is 10.0. The highest BCUT2D eigenvalue weighted by Crippen LogP contribution is 2.30. The summed E-state index contributed by atoms with van der Waals surface area (Å²) < 4.78 is 27.9. The minimum Gasteiger partial charge on any atom is -0.295 e. The Kier molecular flexibility index (Phi) is 3.57. The summed E-state index contributed by atoms with van der Waals surface area (Å²) in [5, 5.41) is 0. The number of Topliss-reactive ketones (excluding diaryl/α,β-unsaturated/α-hetero) is 1. The summed E-state index contributed by atoms with van der Waals surface area (Å²) in [6.07, 6.45) is 0. The van der Waals surface area contributed by atoms with Gasteiger partial charge in [-0.15, -0.1) is 0 Å². The fourth-order valence-electron chi connectivity index (χ4n) is 1.66. The molecule has 0 atom stereocenters. The van der Waals surface area contributed by atoms with Crippen LogP contribution in [0.1, 0.15) is 17.3 Å². The second kappa shape index (κ2) is 4.98. The van der Waals surface area contributed by atoms with E-state index < -0.39 is 11.6 Å². The van der Waals surface area contributed by atoms with Gasteiger partial charge in [-0.05, 0) is 47.1 Å². The van der Waals surface area contributed by atoms with Gasteiger partial charge in [-0.2, -0.15) is 0 Å². The van der Waals surface area contributed by atoms with E-state index in [1.54, 1.807) is 6.07 Å². The zero-order chi connectivity index (χ0) is 13.3. The van der Waals surface area contributed by atoms with Crippen LogP contribution in [0.3, 0.4) is 0 Å². The first-order valence-corrected chi connectivity index (χ1v) is 6.05. The molecular weight excluding hydrogens is 302 g/mol. The van der Waals surface area contributed by atoms with E-state index in [-0.39, 0.29) is 21.4 Å². The Labute approximate surface area is 112 Å². The largest absolute Gasteiger partial charge is 0.295 e. The number of hydrogen-bond donors (Lipinski definition) is 0. The molecule has 1 nitrogen and oxygen atoms in total. The van der Waals surface area contributed by atoms with Gasteiger partial charge in [0, 0.05) is 16.7 Å². The van der Waals surface area contributed by atoms with Crippen LogP contribution >= 0.6 is 15.9 Å². The Hall–Kier alpha value is -1.55. The zero-order valence-corrected chi connectivity index (χ0v) is 11.1. The molecule has 0 N–H and O–H groups in total. The summed E-state index contributed by atoms with van der Waals surface area (Å²) >= 11 is 3.05. The van der Waals surface area contributed by atoms with Gasteiger partial charge in [-0.25, -0.2) is 8.78 Å². The third kappa shape index (κ3) is 2.34. The van der Waals surface area contributed by atoms with Gasteiger partial charge in [0.2, 0.25) is 0 Å². The molecule has 92 valence electrons. The first kappa shape index (κ1) is 12.9. The lowest BCUT2D eigenvalue weighted by Crippen LogP contribution is -1.96.